The second-order valence-electron chi connectivity index (χ2n) is 2.38. The van der Waals surface area contributed by atoms with Crippen LogP contribution in [0.3, 0.4) is 0 Å². The summed E-state index contributed by atoms with van der Waals surface area (Å²) in [5.41, 5.74) is 0. The highest BCUT2D eigenvalue weighted by Gasteiger charge is 1.99. The molecule has 0 fully saturated rings. The van der Waals surface area contributed by atoms with Gasteiger partial charge in [0.25, 0.3) is 0 Å². The maximum Gasteiger partial charge on any atom is 0.0117 e. The van der Waals surface area contributed by atoms with Crippen molar-refractivity contribution < 1.29 is 0 Å². The Hall–Kier alpha value is -0.0000000000000000555. The van der Waals surface area contributed by atoms with E-state index in [4.69, 9.17) is 0 Å². The fraction of sp³-hybridized carbons (Fsp3) is 0.250. The van der Waals surface area contributed by atoms with E-state index in [0.717, 1.165) is 4.90 Å². The lowest BCUT2D eigenvalue weighted by atomic mass is 10.4. The summed E-state index contributed by atoms with van der Waals surface area (Å²) in [4.78, 5) is 1.12. The summed E-state index contributed by atoms with van der Waals surface area (Å²) in [6.45, 7) is 4.48. The number of benzene rings is 1. The first kappa shape index (κ1) is 8.10. The van der Waals surface area contributed by atoms with Crippen molar-refractivity contribution in [3.8, 4) is 0 Å². The molecule has 0 saturated heterocycles. The van der Waals surface area contributed by atoms with Crippen molar-refractivity contribution in [1.29, 1.82) is 0 Å². The van der Waals surface area contributed by atoms with E-state index in [-0.39, 0.29) is 7.92 Å². The molecule has 0 aliphatic rings. The number of rotatable bonds is 1. The van der Waals surface area contributed by atoms with E-state index >= 15 is 0 Å². The van der Waals surface area contributed by atoms with Gasteiger partial charge >= 0.3 is 0 Å². The van der Waals surface area contributed by atoms with Crippen LogP contribution in [0.2, 0.25) is 0 Å². The molecule has 0 aromatic heterocycles. The Morgan fingerprint density at radius 3 is 2.20 bits per heavy atom. The van der Waals surface area contributed by atoms with E-state index in [1.807, 2.05) is 12.1 Å². The molecule has 0 unspecified atom stereocenters. The molecule has 10 heavy (non-hydrogen) atoms. The lowest BCUT2D eigenvalue weighted by Crippen LogP contribution is -1.99. The normalized spacial score (nSPS) is 10.4. The van der Waals surface area contributed by atoms with E-state index in [1.54, 1.807) is 0 Å². The van der Waals surface area contributed by atoms with E-state index in [9.17, 15) is 0 Å². The Bertz CT molecular complexity index is 220. The summed E-state index contributed by atoms with van der Waals surface area (Å²) >= 11 is 4.35. The van der Waals surface area contributed by atoms with E-state index in [0.29, 0.717) is 0 Å². The molecule has 1 aromatic rings. The molecule has 2 heteroatoms. The predicted octanol–water partition coefficient (Wildman–Crippen LogP) is 2.34. The van der Waals surface area contributed by atoms with Gasteiger partial charge in [0.05, 0.1) is 0 Å². The first-order valence-corrected chi connectivity index (χ1v) is 5.85. The van der Waals surface area contributed by atoms with Gasteiger partial charge in [-0.1, -0.05) is 26.1 Å². The highest BCUT2D eigenvalue weighted by Crippen LogP contribution is 2.26. The minimum atomic E-state index is 0.00720. The summed E-state index contributed by atoms with van der Waals surface area (Å²) in [6, 6.07) is 8.27. The Balaban J connectivity index is 3.03. The van der Waals surface area contributed by atoms with Gasteiger partial charge in [0.15, 0.2) is 0 Å². The number of thiol groups is 1. The molecule has 0 radical (unpaired) electrons. The Morgan fingerprint density at radius 2 is 1.80 bits per heavy atom. The quantitative estimate of drug-likeness (QED) is 0.485. The third-order valence-electron chi connectivity index (χ3n) is 1.36. The third kappa shape index (κ3) is 1.74. The van der Waals surface area contributed by atoms with Crippen LogP contribution in [0.25, 0.3) is 0 Å². The monoisotopic (exact) mass is 170 g/mol. The highest BCUT2D eigenvalue weighted by molar-refractivity contribution is 7.81. The van der Waals surface area contributed by atoms with Crippen molar-refractivity contribution in [3.63, 3.8) is 0 Å². The van der Waals surface area contributed by atoms with Crippen molar-refractivity contribution in [2.45, 2.75) is 4.90 Å². The minimum Gasteiger partial charge on any atom is -0.143 e. The van der Waals surface area contributed by atoms with E-state index in [2.05, 4.69) is 38.1 Å². The van der Waals surface area contributed by atoms with Crippen LogP contribution in [0.1, 0.15) is 0 Å². The van der Waals surface area contributed by atoms with Crippen molar-refractivity contribution >= 4 is 25.9 Å². The molecule has 1 rings (SSSR count). The average Bonchev–Trinajstić information content (AvgIpc) is 1.88. The second-order valence-corrected chi connectivity index (χ2v) is 5.14. The summed E-state index contributed by atoms with van der Waals surface area (Å²) < 4.78 is 0. The molecule has 0 amide bonds. The molecule has 0 heterocycles. The summed E-state index contributed by atoms with van der Waals surface area (Å²) in [5.74, 6) is 0. The Morgan fingerprint density at radius 1 is 1.20 bits per heavy atom. The van der Waals surface area contributed by atoms with E-state index in [1.165, 1.54) is 5.30 Å². The van der Waals surface area contributed by atoms with Crippen LogP contribution in [0, 0.1) is 0 Å². The zero-order valence-electron chi connectivity index (χ0n) is 6.20. The molecular weight excluding hydrogens is 159 g/mol. The van der Waals surface area contributed by atoms with Gasteiger partial charge in [0.2, 0.25) is 0 Å². The van der Waals surface area contributed by atoms with Crippen LogP contribution in [0.5, 0.6) is 0 Å². The fourth-order valence-electron chi connectivity index (χ4n) is 0.842. The van der Waals surface area contributed by atoms with Crippen molar-refractivity contribution in [3.05, 3.63) is 24.3 Å². The Labute approximate surface area is 68.8 Å². The predicted molar refractivity (Wildman–Crippen MR) is 52.1 cm³/mol. The van der Waals surface area contributed by atoms with Gasteiger partial charge in [-0.3, -0.25) is 0 Å². The summed E-state index contributed by atoms with van der Waals surface area (Å²) in [5, 5.41) is 1.39. The van der Waals surface area contributed by atoms with Crippen molar-refractivity contribution in [1.82, 2.24) is 0 Å². The largest absolute Gasteiger partial charge is 0.143 e. The lowest BCUT2D eigenvalue weighted by Gasteiger charge is -2.07. The van der Waals surface area contributed by atoms with Crippen LogP contribution in [0.4, 0.5) is 0 Å². The zero-order chi connectivity index (χ0) is 7.56. The molecule has 0 atom stereocenters. The fourth-order valence-corrected chi connectivity index (χ4v) is 2.52. The van der Waals surface area contributed by atoms with Gasteiger partial charge < -0.3 is 0 Å². The van der Waals surface area contributed by atoms with Gasteiger partial charge in [-0.25, -0.2) is 0 Å². The molecule has 0 nitrogen and oxygen atoms in total. The topological polar surface area (TPSA) is 0 Å². The average molecular weight is 170 g/mol. The van der Waals surface area contributed by atoms with E-state index < -0.39 is 0 Å². The molecular formula is C8H11PS. The highest BCUT2D eigenvalue weighted by atomic mass is 32.1. The molecule has 0 spiro atoms. The van der Waals surface area contributed by atoms with Crippen molar-refractivity contribution in [2.24, 2.45) is 0 Å². The van der Waals surface area contributed by atoms with Crippen LogP contribution >= 0.6 is 20.6 Å². The zero-order valence-corrected chi connectivity index (χ0v) is 7.99. The molecule has 0 aliphatic carbocycles. The molecule has 0 aliphatic heterocycles. The third-order valence-corrected chi connectivity index (χ3v) is 3.28. The molecule has 1 aromatic carbocycles. The molecule has 0 saturated carbocycles. The van der Waals surface area contributed by atoms with Crippen LogP contribution in [-0.2, 0) is 0 Å². The molecule has 0 bridgehead atoms. The molecule has 54 valence electrons. The maximum absolute atomic E-state index is 4.35. The second kappa shape index (κ2) is 3.41. The minimum absolute atomic E-state index is 0.00720. The first-order chi connectivity index (χ1) is 4.72. The standard InChI is InChI=1S/C8H11PS/c1-9(2)7-5-3-4-6-8(7)10/h3-6,10H,1-2H3. The smallest absolute Gasteiger partial charge is 0.0117 e. The van der Waals surface area contributed by atoms with Crippen molar-refractivity contribution in [2.75, 3.05) is 13.3 Å². The van der Waals surface area contributed by atoms with Crippen LogP contribution in [-0.4, -0.2) is 13.3 Å². The Kier molecular flexibility index (Phi) is 2.76. The summed E-state index contributed by atoms with van der Waals surface area (Å²) in [7, 11) is 0.00720. The van der Waals surface area contributed by atoms with Crippen LogP contribution < -0.4 is 5.30 Å². The van der Waals surface area contributed by atoms with Crippen LogP contribution in [0.15, 0.2) is 29.2 Å². The van der Waals surface area contributed by atoms with Gasteiger partial charge in [-0.05, 0) is 24.7 Å². The van der Waals surface area contributed by atoms with Gasteiger partial charge in [0.1, 0.15) is 0 Å². The van der Waals surface area contributed by atoms with Gasteiger partial charge in [0, 0.05) is 4.90 Å². The van der Waals surface area contributed by atoms with Gasteiger partial charge in [-0.15, -0.1) is 12.6 Å². The number of hydrogen-bond donors (Lipinski definition) is 1. The first-order valence-electron chi connectivity index (χ1n) is 3.17. The SMILES string of the molecule is CP(C)c1ccccc1S. The lowest BCUT2D eigenvalue weighted by molar-refractivity contribution is 1.54. The van der Waals surface area contributed by atoms with Gasteiger partial charge in [-0.2, -0.15) is 0 Å². The number of hydrogen-bond acceptors (Lipinski definition) is 1. The maximum atomic E-state index is 4.35. The summed E-state index contributed by atoms with van der Waals surface area (Å²) in [6.07, 6.45) is 0. The molecule has 0 N–H and O–H groups in total.